The summed E-state index contributed by atoms with van der Waals surface area (Å²) in [6, 6.07) is 10.4. The first kappa shape index (κ1) is 20.6. The predicted molar refractivity (Wildman–Crippen MR) is 89.8 cm³/mol. The Balaban J connectivity index is 0.000000671. The van der Waals surface area contributed by atoms with Crippen LogP contribution in [0.1, 0.15) is 9.75 Å². The van der Waals surface area contributed by atoms with Gasteiger partial charge in [-0.15, -0.1) is 22.7 Å². The first-order valence-corrected chi connectivity index (χ1v) is 8.06. The maximum Gasteiger partial charge on any atom is 0.205 e. The summed E-state index contributed by atoms with van der Waals surface area (Å²) in [5, 5.41) is 18.7. The van der Waals surface area contributed by atoms with Crippen molar-refractivity contribution < 1.29 is 20.9 Å². The number of hydrogen-bond donors (Lipinski definition) is 0. The largest absolute Gasteiger partial charge is 0.288 e. The third kappa shape index (κ3) is 3.77. The number of hydrogen-bond acceptors (Lipinski definition) is 7. The van der Waals surface area contributed by atoms with Gasteiger partial charge in [0.15, 0.2) is 0 Å². The number of fused-ring (bicyclic) bond motifs is 1. The first-order chi connectivity index (χ1) is 11.1. The van der Waals surface area contributed by atoms with E-state index in [1.807, 2.05) is 12.1 Å². The van der Waals surface area contributed by atoms with Gasteiger partial charge in [0.2, 0.25) is 10.9 Å². The van der Waals surface area contributed by atoms with Crippen LogP contribution in [0.15, 0.2) is 33.9 Å². The van der Waals surface area contributed by atoms with Crippen LogP contribution in [-0.4, -0.2) is 0 Å². The number of nitriles is 2. The van der Waals surface area contributed by atoms with Gasteiger partial charge in [-0.25, -0.2) is 0 Å². The molecule has 0 spiro atoms. The molecule has 1 aromatic carbocycles. The van der Waals surface area contributed by atoms with Crippen molar-refractivity contribution in [1.82, 2.24) is 0 Å². The minimum Gasteiger partial charge on any atom is -0.288 e. The molecule has 1 aliphatic heterocycles. The van der Waals surface area contributed by atoms with Crippen LogP contribution in [0, 0.1) is 31.7 Å². The summed E-state index contributed by atoms with van der Waals surface area (Å²) in [4.78, 5) is 25.1. The van der Waals surface area contributed by atoms with Gasteiger partial charge in [-0.2, -0.15) is 14.4 Å². The fraction of sp³-hybridized carbons (Fsp3) is 0. The molecular formula is C14H4Cl2CuN2O3S2. The zero-order chi connectivity index (χ0) is 17.0. The molecule has 0 aromatic heterocycles. The van der Waals surface area contributed by atoms with E-state index in [0.29, 0.717) is 10.8 Å². The van der Waals surface area contributed by atoms with E-state index >= 15 is 0 Å². The molecule has 2 aliphatic rings. The molecule has 10 heteroatoms. The van der Waals surface area contributed by atoms with Crippen molar-refractivity contribution in [3.05, 3.63) is 63.5 Å². The SMILES string of the molecule is ClOCl.N#Cc1sc2c(=O)c3ccccc3c(=O)c=2sc1C#N.[Cu]. The average Bonchev–Trinajstić information content (AvgIpc) is 2.59. The first-order valence-electron chi connectivity index (χ1n) is 5.81. The Hall–Kier alpha value is -1.48. The van der Waals surface area contributed by atoms with Crippen molar-refractivity contribution in [2.24, 2.45) is 0 Å². The van der Waals surface area contributed by atoms with Crippen LogP contribution in [0.4, 0.5) is 0 Å². The van der Waals surface area contributed by atoms with Gasteiger partial charge < -0.3 is 0 Å². The molecule has 0 amide bonds. The van der Waals surface area contributed by atoms with E-state index < -0.39 is 0 Å². The molecule has 0 saturated heterocycles. The quantitative estimate of drug-likeness (QED) is 0.493. The van der Waals surface area contributed by atoms with E-state index in [9.17, 15) is 9.59 Å². The van der Waals surface area contributed by atoms with E-state index in [2.05, 4.69) is 27.6 Å². The van der Waals surface area contributed by atoms with Crippen molar-refractivity contribution in [2.75, 3.05) is 0 Å². The van der Waals surface area contributed by atoms with E-state index in [4.69, 9.17) is 10.5 Å². The molecule has 0 fully saturated rings. The zero-order valence-electron chi connectivity index (χ0n) is 11.3. The second kappa shape index (κ2) is 9.12. The maximum atomic E-state index is 12.4. The Labute approximate surface area is 163 Å². The summed E-state index contributed by atoms with van der Waals surface area (Å²) in [6.45, 7) is 0. The number of nitrogens with zero attached hydrogens (tertiary/aromatic N) is 2. The Kier molecular flexibility index (Phi) is 7.81. The van der Waals surface area contributed by atoms with E-state index in [1.54, 1.807) is 24.3 Å². The van der Waals surface area contributed by atoms with Crippen molar-refractivity contribution in [2.45, 2.75) is 0 Å². The third-order valence-electron chi connectivity index (χ3n) is 2.85. The molecule has 0 saturated carbocycles. The second-order valence-corrected chi connectivity index (χ2v) is 6.51. The summed E-state index contributed by atoms with van der Waals surface area (Å²) >= 11 is 10.3. The topological polar surface area (TPSA) is 90.9 Å². The molecule has 125 valence electrons. The third-order valence-corrected chi connectivity index (χ3v) is 5.30. The van der Waals surface area contributed by atoms with E-state index in [0.717, 1.165) is 22.7 Å². The van der Waals surface area contributed by atoms with E-state index in [1.165, 1.54) is 0 Å². The minimum atomic E-state index is -0.266. The summed E-state index contributed by atoms with van der Waals surface area (Å²) < 4.78 is 3.68. The van der Waals surface area contributed by atoms with Crippen molar-refractivity contribution in [3.8, 4) is 12.1 Å². The fourth-order valence-electron chi connectivity index (χ4n) is 1.96. The van der Waals surface area contributed by atoms with Crippen LogP contribution in [0.25, 0.3) is 10.8 Å². The Morgan fingerprint density at radius 1 is 0.875 bits per heavy atom. The molecule has 0 bridgehead atoms. The Bertz CT molecular complexity index is 1060. The predicted octanol–water partition coefficient (Wildman–Crippen LogP) is 3.46. The molecular weight excluding hydrogens is 443 g/mol. The molecule has 1 aromatic rings. The van der Waals surface area contributed by atoms with Crippen LogP contribution in [0.2, 0.25) is 0 Å². The van der Waals surface area contributed by atoms with Crippen LogP contribution in [-0.2, 0) is 20.9 Å². The average molecular weight is 447 g/mol. The van der Waals surface area contributed by atoms with E-state index in [-0.39, 0.29) is 46.7 Å². The Morgan fingerprint density at radius 3 is 1.50 bits per heavy atom. The van der Waals surface area contributed by atoms with Gasteiger partial charge in [-0.1, -0.05) is 24.3 Å². The summed E-state index contributed by atoms with van der Waals surface area (Å²) in [5.74, 6) is 0. The monoisotopic (exact) mass is 445 g/mol. The fourth-order valence-corrected chi connectivity index (χ4v) is 4.01. The zero-order valence-corrected chi connectivity index (χ0v) is 15.4. The molecule has 0 atom stereocenters. The molecule has 3 rings (SSSR count). The standard InChI is InChI=1S/C14H4N2O2S2.Cl2O.Cu/c15-5-9-10(6-16)20-14-12(18)8-4-2-1-3-7(8)11(17)13(14)19-9;1-3-2;/h1-4H;;. The smallest absolute Gasteiger partial charge is 0.205 e. The van der Waals surface area contributed by atoms with Gasteiger partial charge in [0.1, 0.15) is 21.9 Å². The molecule has 0 unspecified atom stereocenters. The number of benzene rings is 1. The van der Waals surface area contributed by atoms with Gasteiger partial charge in [0, 0.05) is 27.8 Å². The van der Waals surface area contributed by atoms with Gasteiger partial charge in [-0.3, -0.25) is 9.59 Å². The van der Waals surface area contributed by atoms with Crippen LogP contribution < -0.4 is 10.9 Å². The summed E-state index contributed by atoms with van der Waals surface area (Å²) in [5.41, 5.74) is -0.533. The second-order valence-electron chi connectivity index (χ2n) is 4.01. The van der Waals surface area contributed by atoms with Crippen molar-refractivity contribution >= 4 is 57.2 Å². The molecule has 24 heavy (non-hydrogen) atoms. The molecule has 1 heterocycles. The van der Waals surface area contributed by atoms with Crippen LogP contribution in [0.5, 0.6) is 0 Å². The number of halogens is 2. The molecule has 1 aliphatic carbocycles. The molecule has 5 nitrogen and oxygen atoms in total. The van der Waals surface area contributed by atoms with Gasteiger partial charge in [-0.05, 0) is 0 Å². The van der Waals surface area contributed by atoms with Crippen molar-refractivity contribution in [1.29, 1.82) is 10.5 Å². The maximum absolute atomic E-state index is 12.4. The summed E-state index contributed by atoms with van der Waals surface area (Å²) in [6.07, 6.45) is 0. The van der Waals surface area contributed by atoms with Crippen LogP contribution >= 0.6 is 46.4 Å². The van der Waals surface area contributed by atoms with Crippen molar-refractivity contribution in [3.63, 3.8) is 0 Å². The van der Waals surface area contributed by atoms with Gasteiger partial charge in [0.25, 0.3) is 0 Å². The van der Waals surface area contributed by atoms with Gasteiger partial charge >= 0.3 is 0 Å². The van der Waals surface area contributed by atoms with Crippen LogP contribution in [0.3, 0.4) is 0 Å². The normalized spacial score (nSPS) is 9.33. The molecule has 1 radical (unpaired) electrons. The Morgan fingerprint density at radius 2 is 1.21 bits per heavy atom. The minimum absolute atomic E-state index is 0. The van der Waals surface area contributed by atoms with Gasteiger partial charge in [0.05, 0.1) is 32.8 Å². The summed E-state index contributed by atoms with van der Waals surface area (Å²) in [7, 11) is 0. The molecule has 0 N–H and O–H groups in total. The number of rotatable bonds is 0.